The first-order chi connectivity index (χ1) is 19.4. The molecule has 1 saturated heterocycles. The number of benzene rings is 1. The van der Waals surface area contributed by atoms with Crippen LogP contribution in [0.25, 0.3) is 11.2 Å². The Hall–Kier alpha value is -3.40. The first kappa shape index (κ1) is 30.6. The lowest BCUT2D eigenvalue weighted by molar-refractivity contribution is -0.149. The number of rotatable bonds is 12. The van der Waals surface area contributed by atoms with Gasteiger partial charge in [0.2, 0.25) is 11.6 Å². The molecule has 17 heteroatoms. The largest absolute Gasteiger partial charge is 0.462 e. The predicted molar refractivity (Wildman–Crippen MR) is 145 cm³/mol. The number of nitrogens with two attached hydrogens (primary N) is 1. The van der Waals surface area contributed by atoms with Gasteiger partial charge in [-0.15, -0.1) is 0 Å². The lowest BCUT2D eigenvalue weighted by Gasteiger charge is -2.27. The number of aliphatic hydroxyl groups excluding tert-OH is 2. The Morgan fingerprint density at radius 1 is 1.29 bits per heavy atom. The second-order valence-electron chi connectivity index (χ2n) is 9.60. The molecule has 1 aliphatic heterocycles. The summed E-state index contributed by atoms with van der Waals surface area (Å²) in [4.78, 5) is 24.7. The number of para-hydroxylation sites is 1. The highest BCUT2D eigenvalue weighted by molar-refractivity contribution is 7.52. The number of aromatic nitrogens is 4. The fourth-order valence-corrected chi connectivity index (χ4v) is 5.69. The number of aliphatic hydroxyl groups is 2. The van der Waals surface area contributed by atoms with E-state index in [9.17, 15) is 19.6 Å². The minimum absolute atomic E-state index is 0.0772. The smallest absolute Gasteiger partial charge is 0.459 e. The molecule has 0 saturated carbocycles. The number of nitrogens with one attached hydrogen (secondary N) is 2. The zero-order chi connectivity index (χ0) is 29.9. The van der Waals surface area contributed by atoms with Gasteiger partial charge in [-0.3, -0.25) is 13.9 Å². The van der Waals surface area contributed by atoms with Crippen LogP contribution in [0.3, 0.4) is 0 Å². The third-order valence-corrected chi connectivity index (χ3v) is 7.81. The van der Waals surface area contributed by atoms with Crippen molar-refractivity contribution >= 4 is 36.6 Å². The molecule has 0 spiro atoms. The Kier molecular flexibility index (Phi) is 9.11. The Balaban J connectivity index is 1.59. The summed E-state index contributed by atoms with van der Waals surface area (Å²) in [6, 6.07) is 6.88. The van der Waals surface area contributed by atoms with Crippen LogP contribution in [0.2, 0.25) is 0 Å². The fraction of sp³-hybridized carbons (Fsp3) is 0.500. The van der Waals surface area contributed by atoms with Crippen molar-refractivity contribution in [1.29, 1.82) is 0 Å². The first-order valence-corrected chi connectivity index (χ1v) is 14.2. The van der Waals surface area contributed by atoms with Crippen LogP contribution in [0.1, 0.15) is 27.0 Å². The Morgan fingerprint density at radius 3 is 2.63 bits per heavy atom. The minimum Gasteiger partial charge on any atom is -0.462 e. The van der Waals surface area contributed by atoms with Crippen LogP contribution in [0, 0.1) is 0 Å². The van der Waals surface area contributed by atoms with Gasteiger partial charge in [0.15, 0.2) is 23.2 Å². The third kappa shape index (κ3) is 6.42. The quantitative estimate of drug-likeness (QED) is 0.148. The molecule has 0 bridgehead atoms. The van der Waals surface area contributed by atoms with Gasteiger partial charge in [0.1, 0.15) is 24.0 Å². The van der Waals surface area contributed by atoms with Gasteiger partial charge < -0.3 is 35.3 Å². The maximum atomic E-state index is 16.1. The molecule has 15 nitrogen and oxygen atoms in total. The van der Waals surface area contributed by atoms with Crippen molar-refractivity contribution < 1.29 is 42.5 Å². The van der Waals surface area contributed by atoms with Crippen molar-refractivity contribution in [2.45, 2.75) is 57.0 Å². The molecule has 1 fully saturated rings. The van der Waals surface area contributed by atoms with Crippen LogP contribution in [0.5, 0.6) is 5.75 Å². The SMILES string of the molecule is CNc1nc(N)nc2c1ncn2[C@@H]1O[C@H](COP(=O)(N[C@H](C)C(=O)OC(C)C)Oc2ccccc2)[C@@H](O)[C@]1(F)CO. The van der Waals surface area contributed by atoms with E-state index in [0.717, 1.165) is 4.57 Å². The van der Waals surface area contributed by atoms with Crippen LogP contribution in [-0.4, -0.2) is 86.0 Å². The van der Waals surface area contributed by atoms with Crippen molar-refractivity contribution in [3.63, 3.8) is 0 Å². The minimum atomic E-state index is -4.35. The van der Waals surface area contributed by atoms with Crippen LogP contribution in [0.15, 0.2) is 36.7 Å². The molecule has 0 amide bonds. The van der Waals surface area contributed by atoms with Gasteiger partial charge in [-0.2, -0.15) is 15.1 Å². The molecule has 1 aliphatic rings. The molecule has 0 aliphatic carbocycles. The molecule has 41 heavy (non-hydrogen) atoms. The van der Waals surface area contributed by atoms with Crippen molar-refractivity contribution in [1.82, 2.24) is 24.6 Å². The second kappa shape index (κ2) is 12.2. The van der Waals surface area contributed by atoms with E-state index < -0.39 is 63.2 Å². The highest BCUT2D eigenvalue weighted by Gasteiger charge is 2.59. The summed E-state index contributed by atoms with van der Waals surface area (Å²) in [5.41, 5.74) is 3.35. The number of fused-ring (bicyclic) bond motifs is 1. The number of carbonyl (C=O) groups is 1. The normalized spacial score (nSPS) is 24.7. The molecule has 6 N–H and O–H groups in total. The summed E-state index contributed by atoms with van der Waals surface area (Å²) in [7, 11) is -2.76. The van der Waals surface area contributed by atoms with Crippen LogP contribution >= 0.6 is 7.75 Å². The summed E-state index contributed by atoms with van der Waals surface area (Å²) in [6.07, 6.45) is -4.27. The zero-order valence-electron chi connectivity index (χ0n) is 22.8. The summed E-state index contributed by atoms with van der Waals surface area (Å²) in [5.74, 6) is -0.426. The van der Waals surface area contributed by atoms with Crippen molar-refractivity contribution in [2.75, 3.05) is 31.3 Å². The van der Waals surface area contributed by atoms with E-state index in [2.05, 4.69) is 25.4 Å². The lowest BCUT2D eigenvalue weighted by atomic mass is 9.97. The molecule has 4 rings (SSSR count). The number of halogens is 1. The van der Waals surface area contributed by atoms with Crippen LogP contribution in [0.4, 0.5) is 16.2 Å². The van der Waals surface area contributed by atoms with E-state index in [1.807, 2.05) is 0 Å². The standard InChI is InChI=1S/C24H33FN7O8P/c1-13(2)38-21(35)14(3)31-41(36,40-15-8-6-5-7-9-15)37-10-16-18(34)24(25,11-33)22(39-16)32-12-28-17-19(27-4)29-23(26)30-20(17)32/h5-9,12-14,16,18,22,33-34H,10-11H2,1-4H3,(H,31,36)(H3,26,27,29,30)/t14-,16-,18-,22-,24-,41?/m1/s1. The monoisotopic (exact) mass is 597 g/mol. The number of hydrogen-bond acceptors (Lipinski definition) is 13. The van der Waals surface area contributed by atoms with E-state index >= 15 is 4.39 Å². The van der Waals surface area contributed by atoms with Crippen molar-refractivity contribution in [2.24, 2.45) is 0 Å². The molecule has 1 aromatic carbocycles. The van der Waals surface area contributed by atoms with Gasteiger partial charge in [0.05, 0.1) is 25.6 Å². The number of carbonyl (C=O) groups excluding carboxylic acids is 1. The molecular weight excluding hydrogens is 564 g/mol. The molecule has 1 unspecified atom stereocenters. The molecule has 224 valence electrons. The maximum absolute atomic E-state index is 16.1. The zero-order valence-corrected chi connectivity index (χ0v) is 23.7. The average molecular weight is 598 g/mol. The van der Waals surface area contributed by atoms with Crippen molar-refractivity contribution in [3.05, 3.63) is 36.7 Å². The number of ether oxygens (including phenoxy) is 2. The highest BCUT2D eigenvalue weighted by Crippen LogP contribution is 2.48. The first-order valence-electron chi connectivity index (χ1n) is 12.7. The molecule has 3 heterocycles. The number of nitrogen functional groups attached to an aromatic ring is 1. The van der Waals surface area contributed by atoms with E-state index in [-0.39, 0.29) is 28.7 Å². The number of alkyl halides is 1. The Bertz CT molecular complexity index is 1410. The lowest BCUT2D eigenvalue weighted by Crippen LogP contribution is -2.46. The Morgan fingerprint density at radius 2 is 2.00 bits per heavy atom. The average Bonchev–Trinajstić information content (AvgIpc) is 3.45. The summed E-state index contributed by atoms with van der Waals surface area (Å²) in [6.45, 7) is 2.90. The number of hydrogen-bond donors (Lipinski definition) is 5. The van der Waals surface area contributed by atoms with Crippen LogP contribution < -0.4 is 20.7 Å². The van der Waals surface area contributed by atoms with E-state index in [4.69, 9.17) is 24.3 Å². The topological polar surface area (TPSA) is 205 Å². The number of anilines is 2. The van der Waals surface area contributed by atoms with Gasteiger partial charge in [0, 0.05) is 7.05 Å². The Labute approximate surface area is 234 Å². The number of imidazole rings is 1. The third-order valence-electron chi connectivity index (χ3n) is 6.16. The highest BCUT2D eigenvalue weighted by atomic mass is 31.2. The van der Waals surface area contributed by atoms with E-state index in [1.165, 1.54) is 25.4 Å². The maximum Gasteiger partial charge on any atom is 0.459 e. The second-order valence-corrected chi connectivity index (χ2v) is 11.3. The summed E-state index contributed by atoms with van der Waals surface area (Å²) >= 11 is 0. The molecular formula is C24H33FN7O8P. The van der Waals surface area contributed by atoms with Crippen molar-refractivity contribution in [3.8, 4) is 5.75 Å². The van der Waals surface area contributed by atoms with Gasteiger partial charge in [-0.1, -0.05) is 18.2 Å². The van der Waals surface area contributed by atoms with Gasteiger partial charge in [-0.25, -0.2) is 13.9 Å². The predicted octanol–water partition coefficient (Wildman–Crippen LogP) is 1.54. The molecule has 0 radical (unpaired) electrons. The summed E-state index contributed by atoms with van der Waals surface area (Å²) < 4.78 is 53.2. The van der Waals surface area contributed by atoms with Gasteiger partial charge in [0.25, 0.3) is 0 Å². The van der Waals surface area contributed by atoms with Crippen LogP contribution in [-0.2, 0) is 23.4 Å². The molecule has 6 atom stereocenters. The van der Waals surface area contributed by atoms with E-state index in [1.54, 1.807) is 39.1 Å². The van der Waals surface area contributed by atoms with Gasteiger partial charge in [-0.05, 0) is 32.9 Å². The molecule has 2 aromatic heterocycles. The molecule has 3 aromatic rings. The van der Waals surface area contributed by atoms with E-state index in [0.29, 0.717) is 0 Å². The van der Waals surface area contributed by atoms with Gasteiger partial charge >= 0.3 is 13.7 Å². The summed E-state index contributed by atoms with van der Waals surface area (Å²) in [5, 5.41) is 26.2. The number of esters is 1. The number of nitrogens with zero attached hydrogens (tertiary/aromatic N) is 4. The fourth-order valence-electron chi connectivity index (χ4n) is 4.19.